The molecular formula is C24H42N4O3. The van der Waals surface area contributed by atoms with Crippen molar-refractivity contribution in [2.75, 3.05) is 27.2 Å². The summed E-state index contributed by atoms with van der Waals surface area (Å²) in [6.07, 6.45) is 8.37. The Morgan fingerprint density at radius 3 is 2.35 bits per heavy atom. The topological polar surface area (TPSA) is 70.7 Å². The van der Waals surface area contributed by atoms with Crippen LogP contribution in [0, 0.1) is 0 Å². The summed E-state index contributed by atoms with van der Waals surface area (Å²) in [4.78, 5) is 16.1. The zero-order valence-corrected chi connectivity index (χ0v) is 20.6. The van der Waals surface area contributed by atoms with E-state index in [4.69, 9.17) is 14.6 Å². The summed E-state index contributed by atoms with van der Waals surface area (Å²) >= 11 is 0. The smallest absolute Gasteiger partial charge is 0.410 e. The first-order chi connectivity index (χ1) is 14.5. The van der Waals surface area contributed by atoms with Gasteiger partial charge < -0.3 is 19.3 Å². The van der Waals surface area contributed by atoms with E-state index < -0.39 is 5.60 Å². The van der Waals surface area contributed by atoms with Gasteiger partial charge in [-0.25, -0.2) is 4.79 Å². The normalized spacial score (nSPS) is 28.2. The lowest BCUT2D eigenvalue weighted by Crippen LogP contribution is -2.43. The fourth-order valence-corrected chi connectivity index (χ4v) is 5.18. The van der Waals surface area contributed by atoms with Gasteiger partial charge >= 0.3 is 6.09 Å². The average Bonchev–Trinajstić information content (AvgIpc) is 3.27. The fraction of sp³-hybridized carbons (Fsp3) is 0.833. The fourth-order valence-electron chi connectivity index (χ4n) is 5.18. The molecule has 176 valence electrons. The SMILES string of the molecule is CC[C@]12CC[C@](CC)(C[C@H](c3n[nH]cc3CN(C)CCN(C)C(=O)OC(C)(C)C)C1)O2. The predicted octanol–water partition coefficient (Wildman–Crippen LogP) is 4.69. The van der Waals surface area contributed by atoms with Crippen LogP contribution in [-0.4, -0.2) is 70.1 Å². The van der Waals surface area contributed by atoms with E-state index in [1.54, 1.807) is 11.9 Å². The number of H-pyrrole nitrogens is 1. The number of nitrogens with one attached hydrogen (secondary N) is 1. The second-order valence-electron chi connectivity index (χ2n) is 10.7. The van der Waals surface area contributed by atoms with Gasteiger partial charge in [0.15, 0.2) is 0 Å². The summed E-state index contributed by atoms with van der Waals surface area (Å²) in [7, 11) is 3.88. The zero-order chi connectivity index (χ0) is 22.9. The van der Waals surface area contributed by atoms with Crippen molar-refractivity contribution in [3.05, 3.63) is 17.5 Å². The Hall–Kier alpha value is -1.60. The average molecular weight is 435 g/mol. The van der Waals surface area contributed by atoms with E-state index in [1.165, 1.54) is 24.1 Å². The highest BCUT2D eigenvalue weighted by Crippen LogP contribution is 2.55. The van der Waals surface area contributed by atoms with Crippen LogP contribution >= 0.6 is 0 Å². The number of carbonyl (C=O) groups is 1. The lowest BCUT2D eigenvalue weighted by atomic mass is 9.79. The largest absolute Gasteiger partial charge is 0.444 e. The maximum Gasteiger partial charge on any atom is 0.410 e. The number of aromatic nitrogens is 2. The molecule has 0 radical (unpaired) electrons. The van der Waals surface area contributed by atoms with Gasteiger partial charge in [0.05, 0.1) is 16.9 Å². The third-order valence-electron chi connectivity index (χ3n) is 7.10. The van der Waals surface area contributed by atoms with E-state index >= 15 is 0 Å². The number of likely N-dealkylation sites (N-methyl/N-ethyl adjacent to an activating group) is 2. The van der Waals surface area contributed by atoms with E-state index in [0.717, 1.165) is 38.8 Å². The molecule has 1 amide bonds. The van der Waals surface area contributed by atoms with Gasteiger partial charge in [-0.2, -0.15) is 5.10 Å². The molecule has 2 fully saturated rings. The van der Waals surface area contributed by atoms with Gasteiger partial charge in [0.2, 0.25) is 0 Å². The molecule has 2 bridgehead atoms. The molecular weight excluding hydrogens is 392 g/mol. The van der Waals surface area contributed by atoms with Gasteiger partial charge in [0.25, 0.3) is 0 Å². The Bertz CT molecular complexity index is 738. The lowest BCUT2D eigenvalue weighted by Gasteiger charge is -2.43. The van der Waals surface area contributed by atoms with Crippen molar-refractivity contribution < 1.29 is 14.3 Å². The number of ether oxygens (including phenoxy) is 2. The van der Waals surface area contributed by atoms with Gasteiger partial charge in [0, 0.05) is 44.4 Å². The molecule has 1 aromatic heterocycles. The first kappa shape index (κ1) is 24.1. The molecule has 7 heteroatoms. The van der Waals surface area contributed by atoms with Crippen molar-refractivity contribution >= 4 is 6.09 Å². The van der Waals surface area contributed by atoms with Crippen molar-refractivity contribution in [1.29, 1.82) is 0 Å². The number of aromatic amines is 1. The molecule has 1 N–H and O–H groups in total. The minimum absolute atomic E-state index is 0.0250. The van der Waals surface area contributed by atoms with E-state index in [-0.39, 0.29) is 17.3 Å². The zero-order valence-electron chi connectivity index (χ0n) is 20.6. The molecule has 2 aliphatic rings. The maximum absolute atomic E-state index is 12.2. The van der Waals surface area contributed by atoms with Crippen LogP contribution < -0.4 is 0 Å². The van der Waals surface area contributed by atoms with E-state index in [0.29, 0.717) is 12.5 Å². The second-order valence-corrected chi connectivity index (χ2v) is 10.7. The number of amides is 1. The van der Waals surface area contributed by atoms with Gasteiger partial charge in [-0.15, -0.1) is 0 Å². The van der Waals surface area contributed by atoms with E-state index in [1.807, 2.05) is 27.0 Å². The minimum Gasteiger partial charge on any atom is -0.444 e. The van der Waals surface area contributed by atoms with Crippen molar-refractivity contribution in [2.24, 2.45) is 0 Å². The first-order valence-corrected chi connectivity index (χ1v) is 11.9. The molecule has 3 rings (SSSR count). The van der Waals surface area contributed by atoms with E-state index in [2.05, 4.69) is 30.9 Å². The summed E-state index contributed by atoms with van der Waals surface area (Å²) < 4.78 is 12.1. The van der Waals surface area contributed by atoms with Crippen molar-refractivity contribution in [2.45, 2.75) is 102 Å². The second kappa shape index (κ2) is 9.10. The van der Waals surface area contributed by atoms with Crippen molar-refractivity contribution in [3.8, 4) is 0 Å². The molecule has 2 saturated heterocycles. The Morgan fingerprint density at radius 1 is 1.19 bits per heavy atom. The van der Waals surface area contributed by atoms with Crippen LogP contribution in [0.4, 0.5) is 4.79 Å². The number of carbonyl (C=O) groups excluding carboxylic acids is 1. The first-order valence-electron chi connectivity index (χ1n) is 11.9. The van der Waals surface area contributed by atoms with Crippen LogP contribution in [0.1, 0.15) is 90.3 Å². The molecule has 0 aliphatic carbocycles. The van der Waals surface area contributed by atoms with Crippen LogP contribution in [0.15, 0.2) is 6.20 Å². The molecule has 0 unspecified atom stereocenters. The van der Waals surface area contributed by atoms with Gasteiger partial charge in [0.1, 0.15) is 5.60 Å². The molecule has 1 aromatic rings. The van der Waals surface area contributed by atoms with E-state index in [9.17, 15) is 4.79 Å². The Morgan fingerprint density at radius 2 is 1.81 bits per heavy atom. The molecule has 31 heavy (non-hydrogen) atoms. The van der Waals surface area contributed by atoms with Crippen LogP contribution in [0.5, 0.6) is 0 Å². The molecule has 3 heterocycles. The Labute approximate surface area is 187 Å². The summed E-state index contributed by atoms with van der Waals surface area (Å²) in [5.74, 6) is 0.440. The Kier molecular flexibility index (Phi) is 7.06. The predicted molar refractivity (Wildman–Crippen MR) is 122 cm³/mol. The van der Waals surface area contributed by atoms with Gasteiger partial charge in [-0.05, 0) is 66.3 Å². The number of nitrogens with zero attached hydrogens (tertiary/aromatic N) is 3. The summed E-state index contributed by atoms with van der Waals surface area (Å²) in [5, 5.41) is 7.81. The van der Waals surface area contributed by atoms with Crippen molar-refractivity contribution in [3.63, 3.8) is 0 Å². The third-order valence-corrected chi connectivity index (χ3v) is 7.10. The quantitative estimate of drug-likeness (QED) is 0.642. The number of hydrogen-bond donors (Lipinski definition) is 1. The lowest BCUT2D eigenvalue weighted by molar-refractivity contribution is -0.149. The van der Waals surface area contributed by atoms with Crippen LogP contribution in [0.25, 0.3) is 0 Å². The summed E-state index contributed by atoms with van der Waals surface area (Å²) in [6.45, 7) is 12.4. The number of hydrogen-bond acceptors (Lipinski definition) is 5. The van der Waals surface area contributed by atoms with Gasteiger partial charge in [-0.1, -0.05) is 13.8 Å². The summed E-state index contributed by atoms with van der Waals surface area (Å²) in [5.41, 5.74) is 2.03. The number of fused-ring (bicyclic) bond motifs is 2. The highest BCUT2D eigenvalue weighted by molar-refractivity contribution is 5.67. The van der Waals surface area contributed by atoms with Crippen LogP contribution in [0.3, 0.4) is 0 Å². The third kappa shape index (κ3) is 5.61. The molecule has 7 nitrogen and oxygen atoms in total. The summed E-state index contributed by atoms with van der Waals surface area (Å²) in [6, 6.07) is 0. The monoisotopic (exact) mass is 434 g/mol. The van der Waals surface area contributed by atoms with Crippen LogP contribution in [0.2, 0.25) is 0 Å². The molecule has 0 aromatic carbocycles. The molecule has 0 spiro atoms. The van der Waals surface area contributed by atoms with Gasteiger partial charge in [-0.3, -0.25) is 5.10 Å². The minimum atomic E-state index is -0.474. The highest BCUT2D eigenvalue weighted by atomic mass is 16.6. The highest BCUT2D eigenvalue weighted by Gasteiger charge is 2.54. The molecule has 3 atom stereocenters. The number of rotatable bonds is 8. The Balaban J connectivity index is 1.60. The molecule has 0 saturated carbocycles. The van der Waals surface area contributed by atoms with Crippen LogP contribution in [-0.2, 0) is 16.0 Å². The standard InChI is InChI=1S/C24H42N4O3/c1-8-23-10-11-24(9-2,31-23)15-18(14-23)20-19(16-25-26-20)17-27(6)12-13-28(7)21(29)30-22(3,4)5/h16,18H,8-15,17H2,1-7H3,(H,25,26)/t18-,23+,24-. The molecule has 2 aliphatic heterocycles. The maximum atomic E-state index is 12.2. The van der Waals surface area contributed by atoms with Crippen molar-refractivity contribution in [1.82, 2.24) is 20.0 Å².